The van der Waals surface area contributed by atoms with Crippen molar-refractivity contribution in [3.63, 3.8) is 0 Å². The van der Waals surface area contributed by atoms with Crippen molar-refractivity contribution in [3.8, 4) is 0 Å². The summed E-state index contributed by atoms with van der Waals surface area (Å²) in [6, 6.07) is 10.6. The van der Waals surface area contributed by atoms with Crippen LogP contribution in [0.2, 0.25) is 0 Å². The lowest BCUT2D eigenvalue weighted by Crippen LogP contribution is -2.01. The predicted octanol–water partition coefficient (Wildman–Crippen LogP) is 4.26. The number of benzene rings is 1. The van der Waals surface area contributed by atoms with E-state index >= 15 is 0 Å². The third kappa shape index (κ3) is 1.99. The minimum Gasteiger partial charge on any atom is -0.373 e. The van der Waals surface area contributed by atoms with E-state index in [-0.39, 0.29) is 0 Å². The Bertz CT molecular complexity index is 791. The number of anilines is 1. The molecule has 0 amide bonds. The van der Waals surface area contributed by atoms with Crippen molar-refractivity contribution >= 4 is 27.6 Å². The number of hydrogen-bond acceptors (Lipinski definition) is 3. The molecule has 0 aliphatic carbocycles. The molecule has 0 saturated heterocycles. The standard InChI is InChI=1S/C17H19N3/c1-10(2)14-9-13-8-7-12-6-5-11(3)19-15(12)16(13)20-17(14)18-4/h5-10H,1-4H3,(H,18,20). The van der Waals surface area contributed by atoms with Gasteiger partial charge in [-0.1, -0.05) is 32.0 Å². The largest absolute Gasteiger partial charge is 0.373 e. The summed E-state index contributed by atoms with van der Waals surface area (Å²) in [5, 5.41) is 5.49. The number of aryl methyl sites for hydroxylation is 1. The van der Waals surface area contributed by atoms with Crippen LogP contribution in [0.3, 0.4) is 0 Å². The van der Waals surface area contributed by atoms with E-state index in [0.717, 1.165) is 33.3 Å². The molecule has 0 unspecified atom stereocenters. The first-order valence-corrected chi connectivity index (χ1v) is 6.99. The van der Waals surface area contributed by atoms with Gasteiger partial charge in [-0.25, -0.2) is 4.98 Å². The SMILES string of the molecule is CNc1nc2c(ccc3ccc(C)nc32)cc1C(C)C. The van der Waals surface area contributed by atoms with Gasteiger partial charge in [0.2, 0.25) is 0 Å². The average molecular weight is 265 g/mol. The molecular weight excluding hydrogens is 246 g/mol. The Kier molecular flexibility index (Phi) is 3.05. The highest BCUT2D eigenvalue weighted by Gasteiger charge is 2.11. The molecule has 0 atom stereocenters. The normalized spacial score (nSPS) is 11.4. The topological polar surface area (TPSA) is 37.8 Å². The summed E-state index contributed by atoms with van der Waals surface area (Å²) in [5.41, 5.74) is 4.21. The first-order valence-electron chi connectivity index (χ1n) is 6.99. The first kappa shape index (κ1) is 12.9. The van der Waals surface area contributed by atoms with Crippen LogP contribution in [0.4, 0.5) is 5.82 Å². The summed E-state index contributed by atoms with van der Waals surface area (Å²) in [6.07, 6.45) is 0. The van der Waals surface area contributed by atoms with E-state index in [9.17, 15) is 0 Å². The van der Waals surface area contributed by atoms with E-state index in [2.05, 4.69) is 48.4 Å². The summed E-state index contributed by atoms with van der Waals surface area (Å²) < 4.78 is 0. The minimum absolute atomic E-state index is 0.440. The van der Waals surface area contributed by atoms with Crippen molar-refractivity contribution in [3.05, 3.63) is 41.6 Å². The Morgan fingerprint density at radius 1 is 0.950 bits per heavy atom. The molecule has 20 heavy (non-hydrogen) atoms. The van der Waals surface area contributed by atoms with Gasteiger partial charge >= 0.3 is 0 Å². The van der Waals surface area contributed by atoms with Crippen molar-refractivity contribution < 1.29 is 0 Å². The quantitative estimate of drug-likeness (QED) is 0.704. The Labute approximate surface area is 119 Å². The van der Waals surface area contributed by atoms with Crippen molar-refractivity contribution in [1.29, 1.82) is 0 Å². The first-order chi connectivity index (χ1) is 9.60. The predicted molar refractivity (Wildman–Crippen MR) is 85.4 cm³/mol. The molecule has 0 spiro atoms. The monoisotopic (exact) mass is 265 g/mol. The zero-order valence-corrected chi connectivity index (χ0v) is 12.4. The Morgan fingerprint density at radius 2 is 1.60 bits per heavy atom. The maximum absolute atomic E-state index is 4.81. The van der Waals surface area contributed by atoms with Gasteiger partial charge in [0, 0.05) is 23.5 Å². The molecule has 1 N–H and O–H groups in total. The van der Waals surface area contributed by atoms with Crippen LogP contribution in [0.1, 0.15) is 31.0 Å². The van der Waals surface area contributed by atoms with E-state index in [4.69, 9.17) is 4.98 Å². The van der Waals surface area contributed by atoms with Gasteiger partial charge in [-0.15, -0.1) is 0 Å². The molecule has 0 saturated carbocycles. The molecule has 0 aliphatic heterocycles. The fourth-order valence-electron chi connectivity index (χ4n) is 2.57. The highest BCUT2D eigenvalue weighted by Crippen LogP contribution is 2.30. The van der Waals surface area contributed by atoms with Crippen LogP contribution in [-0.2, 0) is 0 Å². The van der Waals surface area contributed by atoms with Crippen LogP contribution in [0.15, 0.2) is 30.3 Å². The summed E-state index contributed by atoms with van der Waals surface area (Å²) in [6.45, 7) is 6.39. The smallest absolute Gasteiger partial charge is 0.129 e. The average Bonchev–Trinajstić information content (AvgIpc) is 2.45. The van der Waals surface area contributed by atoms with Crippen molar-refractivity contribution in [1.82, 2.24) is 9.97 Å². The molecule has 1 aromatic carbocycles. The number of hydrogen-bond donors (Lipinski definition) is 1. The molecule has 0 aliphatic rings. The minimum atomic E-state index is 0.440. The fourth-order valence-corrected chi connectivity index (χ4v) is 2.57. The fraction of sp³-hybridized carbons (Fsp3) is 0.294. The van der Waals surface area contributed by atoms with E-state index in [1.807, 2.05) is 20.0 Å². The number of rotatable bonds is 2. The second kappa shape index (κ2) is 4.75. The second-order valence-electron chi connectivity index (χ2n) is 5.49. The Hall–Kier alpha value is -2.16. The van der Waals surface area contributed by atoms with Crippen LogP contribution >= 0.6 is 0 Å². The molecule has 0 bridgehead atoms. The molecular formula is C17H19N3. The van der Waals surface area contributed by atoms with E-state index in [1.165, 1.54) is 5.56 Å². The highest BCUT2D eigenvalue weighted by molar-refractivity contribution is 6.03. The van der Waals surface area contributed by atoms with Crippen LogP contribution in [0.5, 0.6) is 0 Å². The van der Waals surface area contributed by atoms with E-state index in [1.54, 1.807) is 0 Å². The van der Waals surface area contributed by atoms with Gasteiger partial charge in [-0.2, -0.15) is 0 Å². The summed E-state index contributed by atoms with van der Waals surface area (Å²) in [7, 11) is 1.92. The lowest BCUT2D eigenvalue weighted by atomic mass is 10.0. The number of aromatic nitrogens is 2. The maximum Gasteiger partial charge on any atom is 0.129 e. The molecule has 3 aromatic rings. The Morgan fingerprint density at radius 3 is 2.30 bits per heavy atom. The molecule has 102 valence electrons. The molecule has 3 rings (SSSR count). The van der Waals surface area contributed by atoms with Crippen molar-refractivity contribution in [2.45, 2.75) is 26.7 Å². The van der Waals surface area contributed by atoms with Gasteiger partial charge in [0.25, 0.3) is 0 Å². The zero-order valence-electron chi connectivity index (χ0n) is 12.4. The molecule has 3 nitrogen and oxygen atoms in total. The van der Waals surface area contributed by atoms with Crippen LogP contribution < -0.4 is 5.32 Å². The van der Waals surface area contributed by atoms with Crippen LogP contribution in [0.25, 0.3) is 21.8 Å². The van der Waals surface area contributed by atoms with Gasteiger partial charge in [-0.05, 0) is 30.5 Å². The number of nitrogens with one attached hydrogen (secondary N) is 1. The lowest BCUT2D eigenvalue weighted by molar-refractivity contribution is 0.864. The third-order valence-electron chi connectivity index (χ3n) is 3.67. The summed E-state index contributed by atoms with van der Waals surface area (Å²) in [4.78, 5) is 9.47. The van der Waals surface area contributed by atoms with Crippen LogP contribution in [0, 0.1) is 6.92 Å². The van der Waals surface area contributed by atoms with Gasteiger partial charge in [0.15, 0.2) is 0 Å². The highest BCUT2D eigenvalue weighted by atomic mass is 15.0. The maximum atomic E-state index is 4.81. The van der Waals surface area contributed by atoms with E-state index in [0.29, 0.717) is 5.92 Å². The second-order valence-corrected chi connectivity index (χ2v) is 5.49. The molecule has 0 radical (unpaired) electrons. The summed E-state index contributed by atoms with van der Waals surface area (Å²) >= 11 is 0. The Balaban J connectivity index is 2.41. The molecule has 3 heteroatoms. The third-order valence-corrected chi connectivity index (χ3v) is 3.67. The zero-order chi connectivity index (χ0) is 14.3. The number of pyridine rings is 2. The van der Waals surface area contributed by atoms with Crippen molar-refractivity contribution in [2.24, 2.45) is 0 Å². The molecule has 2 aromatic heterocycles. The number of fused-ring (bicyclic) bond motifs is 3. The molecule has 0 fully saturated rings. The van der Waals surface area contributed by atoms with Gasteiger partial charge in [-0.3, -0.25) is 4.98 Å². The lowest BCUT2D eigenvalue weighted by Gasteiger charge is -2.14. The van der Waals surface area contributed by atoms with Crippen LogP contribution in [-0.4, -0.2) is 17.0 Å². The van der Waals surface area contributed by atoms with Gasteiger partial charge < -0.3 is 5.32 Å². The number of nitrogens with zero attached hydrogens (tertiary/aromatic N) is 2. The van der Waals surface area contributed by atoms with Crippen molar-refractivity contribution in [2.75, 3.05) is 12.4 Å². The molecule has 2 heterocycles. The van der Waals surface area contributed by atoms with E-state index < -0.39 is 0 Å². The van der Waals surface area contributed by atoms with Gasteiger partial charge in [0.1, 0.15) is 5.82 Å². The summed E-state index contributed by atoms with van der Waals surface area (Å²) in [5.74, 6) is 1.39. The van der Waals surface area contributed by atoms with Gasteiger partial charge in [0.05, 0.1) is 11.0 Å².